The number of para-hydroxylation sites is 1. The van der Waals surface area contributed by atoms with Crippen LogP contribution in [-0.4, -0.2) is 39.4 Å². The summed E-state index contributed by atoms with van der Waals surface area (Å²) < 4.78 is 22.7. The fourth-order valence-electron chi connectivity index (χ4n) is 2.64. The van der Waals surface area contributed by atoms with Crippen LogP contribution in [0.5, 0.6) is 0 Å². The van der Waals surface area contributed by atoms with Crippen molar-refractivity contribution in [3.8, 4) is 0 Å². The predicted molar refractivity (Wildman–Crippen MR) is 79.5 cm³/mol. The first-order valence-corrected chi connectivity index (χ1v) is 8.63. The van der Waals surface area contributed by atoms with E-state index in [9.17, 15) is 13.2 Å². The van der Waals surface area contributed by atoms with E-state index < -0.39 is 9.84 Å². The summed E-state index contributed by atoms with van der Waals surface area (Å²) in [4.78, 5) is 13.6. The maximum Gasteiger partial charge on any atom is 0.228 e. The Bertz CT molecular complexity index is 613. The number of amides is 1. The number of carbonyl (C=O) groups is 1. The van der Waals surface area contributed by atoms with Crippen molar-refractivity contribution >= 4 is 21.4 Å². The number of carbonyl (C=O) groups excluding carboxylic acids is 1. The normalized spacial score (nSPS) is 20.6. The molecule has 6 heteroatoms. The minimum atomic E-state index is -3.03. The van der Waals surface area contributed by atoms with Crippen molar-refractivity contribution in [1.29, 1.82) is 0 Å². The molecule has 0 aliphatic carbocycles. The lowest BCUT2D eigenvalue weighted by Gasteiger charge is -2.33. The van der Waals surface area contributed by atoms with Gasteiger partial charge in [0, 0.05) is 37.5 Å². The highest BCUT2D eigenvalue weighted by atomic mass is 32.2. The van der Waals surface area contributed by atoms with E-state index in [0.717, 1.165) is 11.3 Å². The Morgan fingerprint density at radius 3 is 2.70 bits per heavy atom. The largest absolute Gasteiger partial charge is 0.315 e. The third-order valence-electron chi connectivity index (χ3n) is 3.46. The summed E-state index contributed by atoms with van der Waals surface area (Å²) >= 11 is 0. The van der Waals surface area contributed by atoms with Crippen LogP contribution in [-0.2, 0) is 14.6 Å². The molecule has 2 unspecified atom stereocenters. The van der Waals surface area contributed by atoms with E-state index in [-0.39, 0.29) is 23.7 Å². The van der Waals surface area contributed by atoms with Gasteiger partial charge in [-0.2, -0.15) is 0 Å². The molecule has 20 heavy (non-hydrogen) atoms. The first kappa shape index (κ1) is 15.0. The summed E-state index contributed by atoms with van der Waals surface area (Å²) in [7, 11) is -1.27. The molecule has 1 aromatic rings. The molecule has 1 amide bonds. The molecule has 0 aromatic heterocycles. The Hall–Kier alpha value is -1.40. The number of rotatable bonds is 4. The van der Waals surface area contributed by atoms with Crippen molar-refractivity contribution in [2.75, 3.05) is 24.0 Å². The van der Waals surface area contributed by atoms with E-state index in [0.29, 0.717) is 6.42 Å². The highest BCUT2D eigenvalue weighted by molar-refractivity contribution is 7.90. The molecule has 2 atom stereocenters. The van der Waals surface area contributed by atoms with Crippen molar-refractivity contribution in [2.45, 2.75) is 25.4 Å². The second-order valence-corrected chi connectivity index (χ2v) is 7.61. The summed E-state index contributed by atoms with van der Waals surface area (Å²) in [6.07, 6.45) is 1.57. The number of hydrogen-bond donors (Lipinski definition) is 1. The number of nitrogens with one attached hydrogen (secondary N) is 1. The maximum absolute atomic E-state index is 12.0. The summed E-state index contributed by atoms with van der Waals surface area (Å²) in [5, 5.41) is 3.26. The van der Waals surface area contributed by atoms with Crippen LogP contribution in [0.4, 0.5) is 5.69 Å². The molecule has 0 bridgehead atoms. The summed E-state index contributed by atoms with van der Waals surface area (Å²) in [6, 6.07) is 7.38. The van der Waals surface area contributed by atoms with Crippen molar-refractivity contribution in [3.05, 3.63) is 29.8 Å². The molecule has 1 aromatic carbocycles. The highest BCUT2D eigenvalue weighted by Gasteiger charge is 2.29. The molecule has 0 saturated carbocycles. The minimum Gasteiger partial charge on any atom is -0.315 e. The number of benzene rings is 1. The molecular formula is C14H20N2O3S. The third-order valence-corrected chi connectivity index (χ3v) is 4.57. The zero-order chi connectivity index (χ0) is 14.9. The lowest BCUT2D eigenvalue weighted by molar-refractivity contribution is -0.119. The van der Waals surface area contributed by atoms with Gasteiger partial charge < -0.3 is 10.2 Å². The Kier molecular flexibility index (Phi) is 4.15. The Labute approximate surface area is 119 Å². The van der Waals surface area contributed by atoms with Gasteiger partial charge in [-0.3, -0.25) is 4.79 Å². The van der Waals surface area contributed by atoms with Gasteiger partial charge in [-0.15, -0.1) is 0 Å². The van der Waals surface area contributed by atoms with Gasteiger partial charge in [0.15, 0.2) is 0 Å². The van der Waals surface area contributed by atoms with E-state index in [1.807, 2.05) is 31.2 Å². The maximum atomic E-state index is 12.0. The molecule has 0 radical (unpaired) electrons. The van der Waals surface area contributed by atoms with Crippen LogP contribution in [0.25, 0.3) is 0 Å². The van der Waals surface area contributed by atoms with Gasteiger partial charge in [0.2, 0.25) is 5.91 Å². The lowest BCUT2D eigenvalue weighted by atomic mass is 9.95. The van der Waals surface area contributed by atoms with E-state index in [1.54, 1.807) is 11.9 Å². The zero-order valence-electron chi connectivity index (χ0n) is 12.0. The van der Waals surface area contributed by atoms with Gasteiger partial charge in [-0.1, -0.05) is 18.2 Å². The zero-order valence-corrected chi connectivity index (χ0v) is 12.8. The standard InChI is InChI=1S/C14H20N2O3S/c1-10(9-20(3,18)19)15-12-8-14(17)16(2)13-7-5-4-6-11(12)13/h4-7,10,12,15H,8-9H2,1-3H3. The highest BCUT2D eigenvalue weighted by Crippen LogP contribution is 2.33. The van der Waals surface area contributed by atoms with E-state index in [1.165, 1.54) is 6.26 Å². The van der Waals surface area contributed by atoms with Crippen LogP contribution < -0.4 is 10.2 Å². The number of sulfone groups is 1. The van der Waals surface area contributed by atoms with Crippen LogP contribution in [0.15, 0.2) is 24.3 Å². The number of fused-ring (bicyclic) bond motifs is 1. The summed E-state index contributed by atoms with van der Waals surface area (Å²) in [5.74, 6) is 0.100. The van der Waals surface area contributed by atoms with Gasteiger partial charge in [-0.05, 0) is 18.6 Å². The smallest absolute Gasteiger partial charge is 0.228 e. The minimum absolute atomic E-state index is 0.0350. The molecule has 2 rings (SSSR count). The molecule has 0 spiro atoms. The lowest BCUT2D eigenvalue weighted by Crippen LogP contribution is -2.42. The quantitative estimate of drug-likeness (QED) is 0.904. The van der Waals surface area contributed by atoms with Crippen LogP contribution in [0.1, 0.15) is 24.9 Å². The van der Waals surface area contributed by atoms with Crippen LogP contribution in [0.2, 0.25) is 0 Å². The first-order chi connectivity index (χ1) is 9.28. The number of hydrogen-bond acceptors (Lipinski definition) is 4. The second kappa shape index (κ2) is 5.54. The van der Waals surface area contributed by atoms with Crippen LogP contribution in [0.3, 0.4) is 0 Å². The van der Waals surface area contributed by atoms with E-state index in [4.69, 9.17) is 0 Å². The molecule has 1 N–H and O–H groups in total. The van der Waals surface area contributed by atoms with Gasteiger partial charge in [0.1, 0.15) is 9.84 Å². The Balaban J connectivity index is 2.21. The van der Waals surface area contributed by atoms with E-state index >= 15 is 0 Å². The van der Waals surface area contributed by atoms with Gasteiger partial charge in [0.05, 0.1) is 5.75 Å². The molecule has 1 heterocycles. The predicted octanol–water partition coefficient (Wildman–Crippen LogP) is 1.12. The van der Waals surface area contributed by atoms with Crippen molar-refractivity contribution in [3.63, 3.8) is 0 Å². The molecule has 1 aliphatic rings. The van der Waals surface area contributed by atoms with Crippen molar-refractivity contribution in [2.24, 2.45) is 0 Å². The molecular weight excluding hydrogens is 276 g/mol. The average molecular weight is 296 g/mol. The molecule has 5 nitrogen and oxygen atoms in total. The average Bonchev–Trinajstić information content (AvgIpc) is 2.33. The Morgan fingerprint density at radius 2 is 2.05 bits per heavy atom. The molecule has 110 valence electrons. The van der Waals surface area contributed by atoms with Gasteiger partial charge in [0.25, 0.3) is 0 Å². The van der Waals surface area contributed by atoms with E-state index in [2.05, 4.69) is 5.32 Å². The second-order valence-electron chi connectivity index (χ2n) is 5.43. The molecule has 0 fully saturated rings. The third kappa shape index (κ3) is 3.37. The van der Waals surface area contributed by atoms with Crippen molar-refractivity contribution in [1.82, 2.24) is 5.32 Å². The number of anilines is 1. The van der Waals surface area contributed by atoms with Crippen LogP contribution >= 0.6 is 0 Å². The fourth-order valence-corrected chi connectivity index (χ4v) is 3.64. The topological polar surface area (TPSA) is 66.5 Å². The Morgan fingerprint density at radius 1 is 1.40 bits per heavy atom. The van der Waals surface area contributed by atoms with Gasteiger partial charge in [-0.25, -0.2) is 8.42 Å². The monoisotopic (exact) mass is 296 g/mol. The first-order valence-electron chi connectivity index (χ1n) is 6.57. The van der Waals surface area contributed by atoms with Crippen molar-refractivity contribution < 1.29 is 13.2 Å². The number of nitrogens with zero attached hydrogens (tertiary/aromatic N) is 1. The molecule has 0 saturated heterocycles. The fraction of sp³-hybridized carbons (Fsp3) is 0.500. The molecule has 1 aliphatic heterocycles. The van der Waals surface area contributed by atoms with Crippen LogP contribution in [0, 0.1) is 0 Å². The SMILES string of the molecule is CC(CS(C)(=O)=O)NC1CC(=O)N(C)c2ccccc21. The summed E-state index contributed by atoms with van der Waals surface area (Å²) in [6.45, 7) is 1.83. The van der Waals surface area contributed by atoms with Gasteiger partial charge >= 0.3 is 0 Å². The summed E-state index contributed by atoms with van der Waals surface area (Å²) in [5.41, 5.74) is 1.92.